The minimum absolute atomic E-state index is 0.0679. The van der Waals surface area contributed by atoms with Crippen LogP contribution in [0.5, 0.6) is 0 Å². The van der Waals surface area contributed by atoms with E-state index in [1.165, 1.54) is 12.1 Å². The van der Waals surface area contributed by atoms with Gasteiger partial charge < -0.3 is 5.32 Å². The standard InChI is InChI=1S/C12H8BrCl2N3O/c1-6-4-7(13)5-16-11(6)18-12(19)10-8(14)2-3-9(15)17-10/h2-5H,1H3,(H,16,18,19). The number of pyridine rings is 2. The number of anilines is 1. The highest BCUT2D eigenvalue weighted by Gasteiger charge is 2.14. The Balaban J connectivity index is 2.28. The Hall–Kier alpha value is -1.17. The van der Waals surface area contributed by atoms with Gasteiger partial charge in [0.1, 0.15) is 16.7 Å². The number of hydrogen-bond acceptors (Lipinski definition) is 3. The van der Waals surface area contributed by atoms with Crippen LogP contribution in [0.25, 0.3) is 0 Å². The molecule has 1 amide bonds. The van der Waals surface area contributed by atoms with Gasteiger partial charge in [-0.1, -0.05) is 23.2 Å². The summed E-state index contributed by atoms with van der Waals surface area (Å²) in [4.78, 5) is 20.1. The lowest BCUT2D eigenvalue weighted by molar-refractivity contribution is 0.102. The molecular formula is C12H8BrCl2N3O. The zero-order valence-electron chi connectivity index (χ0n) is 9.75. The van der Waals surface area contributed by atoms with Gasteiger partial charge in [-0.05, 0) is 46.6 Å². The van der Waals surface area contributed by atoms with Crippen molar-refractivity contribution in [2.24, 2.45) is 0 Å². The Bertz CT molecular complexity index is 649. The van der Waals surface area contributed by atoms with E-state index in [1.807, 2.05) is 13.0 Å². The molecule has 0 radical (unpaired) electrons. The van der Waals surface area contributed by atoms with Gasteiger partial charge in [0.25, 0.3) is 5.91 Å². The van der Waals surface area contributed by atoms with Crippen LogP contribution in [-0.4, -0.2) is 15.9 Å². The van der Waals surface area contributed by atoms with Crippen molar-refractivity contribution in [3.8, 4) is 0 Å². The van der Waals surface area contributed by atoms with Crippen LogP contribution in [0.3, 0.4) is 0 Å². The van der Waals surface area contributed by atoms with Gasteiger partial charge in [0.15, 0.2) is 0 Å². The zero-order valence-corrected chi connectivity index (χ0v) is 12.8. The van der Waals surface area contributed by atoms with Crippen LogP contribution in [0.1, 0.15) is 16.1 Å². The van der Waals surface area contributed by atoms with E-state index in [4.69, 9.17) is 23.2 Å². The number of carbonyl (C=O) groups is 1. The Morgan fingerprint density at radius 3 is 2.79 bits per heavy atom. The van der Waals surface area contributed by atoms with Gasteiger partial charge in [-0.15, -0.1) is 0 Å². The van der Waals surface area contributed by atoms with Gasteiger partial charge in [-0.3, -0.25) is 4.79 Å². The average molecular weight is 361 g/mol. The van der Waals surface area contributed by atoms with E-state index in [2.05, 4.69) is 31.2 Å². The minimum Gasteiger partial charge on any atom is -0.305 e. The van der Waals surface area contributed by atoms with Crippen molar-refractivity contribution in [3.05, 3.63) is 50.3 Å². The molecule has 0 fully saturated rings. The van der Waals surface area contributed by atoms with Gasteiger partial charge >= 0.3 is 0 Å². The second-order valence-electron chi connectivity index (χ2n) is 3.74. The lowest BCUT2D eigenvalue weighted by atomic mass is 10.2. The van der Waals surface area contributed by atoms with Gasteiger partial charge in [-0.2, -0.15) is 0 Å². The molecule has 98 valence electrons. The summed E-state index contributed by atoms with van der Waals surface area (Å²) in [6.07, 6.45) is 1.59. The van der Waals surface area contributed by atoms with Crippen molar-refractivity contribution in [3.63, 3.8) is 0 Å². The molecule has 2 rings (SSSR count). The quantitative estimate of drug-likeness (QED) is 0.820. The molecule has 2 aromatic heterocycles. The first-order chi connectivity index (χ1) is 8.97. The molecule has 0 unspecified atom stereocenters. The fourth-order valence-electron chi connectivity index (χ4n) is 1.42. The maximum atomic E-state index is 12.1. The summed E-state index contributed by atoms with van der Waals surface area (Å²) < 4.78 is 0.835. The number of aromatic nitrogens is 2. The van der Waals surface area contributed by atoms with Crippen LogP contribution < -0.4 is 5.32 Å². The zero-order chi connectivity index (χ0) is 14.0. The monoisotopic (exact) mass is 359 g/mol. The molecule has 2 aromatic rings. The number of rotatable bonds is 2. The van der Waals surface area contributed by atoms with Gasteiger partial charge in [0, 0.05) is 10.7 Å². The maximum absolute atomic E-state index is 12.1. The van der Waals surface area contributed by atoms with Crippen molar-refractivity contribution in [1.29, 1.82) is 0 Å². The van der Waals surface area contributed by atoms with Crippen LogP contribution >= 0.6 is 39.1 Å². The van der Waals surface area contributed by atoms with Crippen LogP contribution in [0.15, 0.2) is 28.9 Å². The lowest BCUT2D eigenvalue weighted by Crippen LogP contribution is -2.16. The molecule has 2 heterocycles. The molecule has 0 spiro atoms. The van der Waals surface area contributed by atoms with E-state index in [-0.39, 0.29) is 15.9 Å². The molecule has 0 saturated heterocycles. The van der Waals surface area contributed by atoms with E-state index in [1.54, 1.807) is 6.20 Å². The van der Waals surface area contributed by atoms with Crippen LogP contribution in [-0.2, 0) is 0 Å². The van der Waals surface area contributed by atoms with Crippen molar-refractivity contribution in [2.75, 3.05) is 5.32 Å². The summed E-state index contributed by atoms with van der Waals surface area (Å²) in [6, 6.07) is 4.88. The summed E-state index contributed by atoms with van der Waals surface area (Å²) in [5.74, 6) is -0.00327. The highest BCUT2D eigenvalue weighted by molar-refractivity contribution is 9.10. The minimum atomic E-state index is -0.453. The number of carbonyl (C=O) groups excluding carboxylic acids is 1. The molecule has 19 heavy (non-hydrogen) atoms. The summed E-state index contributed by atoms with van der Waals surface area (Å²) in [5.41, 5.74) is 0.888. The normalized spacial score (nSPS) is 10.3. The smallest absolute Gasteiger partial charge is 0.277 e. The molecule has 0 aliphatic carbocycles. The van der Waals surface area contributed by atoms with E-state index >= 15 is 0 Å². The third kappa shape index (κ3) is 3.43. The van der Waals surface area contributed by atoms with E-state index in [0.717, 1.165) is 10.0 Å². The number of hydrogen-bond donors (Lipinski definition) is 1. The SMILES string of the molecule is Cc1cc(Br)cnc1NC(=O)c1nc(Cl)ccc1Cl. The second kappa shape index (κ2) is 5.86. The highest BCUT2D eigenvalue weighted by Crippen LogP contribution is 2.20. The van der Waals surface area contributed by atoms with Crippen molar-refractivity contribution >= 4 is 50.9 Å². The molecule has 0 aliphatic heterocycles. The molecular weight excluding hydrogens is 353 g/mol. The Morgan fingerprint density at radius 1 is 1.37 bits per heavy atom. The third-order valence-electron chi connectivity index (χ3n) is 2.30. The topological polar surface area (TPSA) is 54.9 Å². The molecule has 0 aliphatic rings. The average Bonchev–Trinajstić information content (AvgIpc) is 2.35. The first kappa shape index (κ1) is 14.2. The van der Waals surface area contributed by atoms with Gasteiger partial charge in [-0.25, -0.2) is 9.97 Å². The van der Waals surface area contributed by atoms with Crippen molar-refractivity contribution in [1.82, 2.24) is 9.97 Å². The Morgan fingerprint density at radius 2 is 2.11 bits per heavy atom. The van der Waals surface area contributed by atoms with E-state index < -0.39 is 5.91 Å². The number of aryl methyl sites for hydroxylation is 1. The number of nitrogens with zero attached hydrogens (tertiary/aromatic N) is 2. The van der Waals surface area contributed by atoms with Crippen molar-refractivity contribution < 1.29 is 4.79 Å². The summed E-state index contributed by atoms with van der Waals surface area (Å²) in [5, 5.41) is 3.08. The van der Waals surface area contributed by atoms with Crippen LogP contribution in [0, 0.1) is 6.92 Å². The molecule has 4 nitrogen and oxygen atoms in total. The second-order valence-corrected chi connectivity index (χ2v) is 5.45. The summed E-state index contributed by atoms with van der Waals surface area (Å²) in [7, 11) is 0. The molecule has 1 N–H and O–H groups in total. The predicted octanol–water partition coefficient (Wildman–Crippen LogP) is 4.11. The highest BCUT2D eigenvalue weighted by atomic mass is 79.9. The summed E-state index contributed by atoms with van der Waals surface area (Å²) >= 11 is 15.0. The van der Waals surface area contributed by atoms with Gasteiger partial charge in [0.2, 0.25) is 0 Å². The molecule has 0 atom stereocenters. The van der Waals surface area contributed by atoms with Crippen LogP contribution in [0.2, 0.25) is 10.2 Å². The first-order valence-corrected chi connectivity index (χ1v) is 6.78. The third-order valence-corrected chi connectivity index (χ3v) is 3.25. The number of amides is 1. The molecule has 0 saturated carbocycles. The molecule has 0 bridgehead atoms. The van der Waals surface area contributed by atoms with Gasteiger partial charge in [0.05, 0.1) is 5.02 Å². The molecule has 0 aromatic carbocycles. The first-order valence-electron chi connectivity index (χ1n) is 5.23. The predicted molar refractivity (Wildman–Crippen MR) is 78.9 cm³/mol. The van der Waals surface area contributed by atoms with Crippen molar-refractivity contribution in [2.45, 2.75) is 6.92 Å². The Kier molecular flexibility index (Phi) is 4.39. The Labute approximate surface area is 128 Å². The fourth-order valence-corrected chi connectivity index (χ4v) is 2.20. The maximum Gasteiger partial charge on any atom is 0.277 e. The largest absolute Gasteiger partial charge is 0.305 e. The summed E-state index contributed by atoms with van der Waals surface area (Å²) in [6.45, 7) is 1.83. The fraction of sp³-hybridized carbons (Fsp3) is 0.0833. The lowest BCUT2D eigenvalue weighted by Gasteiger charge is -2.08. The number of nitrogens with one attached hydrogen (secondary N) is 1. The molecule has 7 heteroatoms. The number of halogens is 3. The van der Waals surface area contributed by atoms with Crippen LogP contribution in [0.4, 0.5) is 5.82 Å². The van der Waals surface area contributed by atoms with E-state index in [0.29, 0.717) is 5.82 Å². The van der Waals surface area contributed by atoms with E-state index in [9.17, 15) is 4.79 Å².